The van der Waals surface area contributed by atoms with Gasteiger partial charge in [-0.3, -0.25) is 9.79 Å². The van der Waals surface area contributed by atoms with Crippen molar-refractivity contribution >= 4 is 35.8 Å². The third-order valence-corrected chi connectivity index (χ3v) is 5.20. The van der Waals surface area contributed by atoms with E-state index in [0.29, 0.717) is 25.0 Å². The van der Waals surface area contributed by atoms with E-state index in [4.69, 9.17) is 0 Å². The van der Waals surface area contributed by atoms with E-state index in [-0.39, 0.29) is 29.9 Å². The van der Waals surface area contributed by atoms with Crippen molar-refractivity contribution in [3.05, 3.63) is 0 Å². The van der Waals surface area contributed by atoms with E-state index < -0.39 is 0 Å². The molecule has 2 aliphatic rings. The molecule has 2 rings (SSSR count). The summed E-state index contributed by atoms with van der Waals surface area (Å²) in [5, 5.41) is 9.92. The summed E-state index contributed by atoms with van der Waals surface area (Å²) in [6, 6.07) is 0.923. The molecule has 0 saturated heterocycles. The molecule has 0 aromatic rings. The van der Waals surface area contributed by atoms with Gasteiger partial charge in [0, 0.05) is 32.1 Å². The van der Waals surface area contributed by atoms with Crippen LogP contribution in [0.1, 0.15) is 71.1 Å². The first-order valence-electron chi connectivity index (χ1n) is 9.44. The van der Waals surface area contributed by atoms with Crippen molar-refractivity contribution in [3.63, 3.8) is 0 Å². The van der Waals surface area contributed by atoms with Gasteiger partial charge in [0.2, 0.25) is 5.91 Å². The van der Waals surface area contributed by atoms with Gasteiger partial charge in [-0.1, -0.05) is 26.2 Å². The summed E-state index contributed by atoms with van der Waals surface area (Å²) in [5.41, 5.74) is 0. The Morgan fingerprint density at radius 1 is 0.958 bits per heavy atom. The summed E-state index contributed by atoms with van der Waals surface area (Å²) >= 11 is 0. The van der Waals surface area contributed by atoms with Crippen LogP contribution in [0.2, 0.25) is 0 Å². The van der Waals surface area contributed by atoms with Gasteiger partial charge in [0.25, 0.3) is 0 Å². The predicted octanol–water partition coefficient (Wildman–Crippen LogP) is 3.19. The zero-order chi connectivity index (χ0) is 16.5. The normalized spacial score (nSPS) is 25.5. The van der Waals surface area contributed by atoms with Crippen LogP contribution >= 0.6 is 24.0 Å². The van der Waals surface area contributed by atoms with Crippen LogP contribution in [-0.4, -0.2) is 37.5 Å². The molecule has 2 aliphatic carbocycles. The number of nitrogens with zero attached hydrogens (tertiary/aromatic N) is 1. The lowest BCUT2D eigenvalue weighted by Crippen LogP contribution is -2.46. The highest BCUT2D eigenvalue weighted by Crippen LogP contribution is 2.23. The summed E-state index contributed by atoms with van der Waals surface area (Å²) in [6.07, 6.45) is 11.6. The van der Waals surface area contributed by atoms with Gasteiger partial charge in [0.1, 0.15) is 0 Å². The minimum atomic E-state index is 0. The fourth-order valence-corrected chi connectivity index (χ4v) is 3.63. The Bertz CT molecular complexity index is 388. The van der Waals surface area contributed by atoms with Crippen molar-refractivity contribution in [1.29, 1.82) is 0 Å². The number of nitrogens with one attached hydrogen (secondary N) is 3. The van der Waals surface area contributed by atoms with Crippen LogP contribution in [0.4, 0.5) is 0 Å². The highest BCUT2D eigenvalue weighted by Gasteiger charge is 2.19. The number of hydrogen-bond acceptors (Lipinski definition) is 2. The molecule has 0 bridgehead atoms. The number of rotatable bonds is 5. The summed E-state index contributed by atoms with van der Waals surface area (Å²) in [6.45, 7) is 2.97. The third kappa shape index (κ3) is 8.03. The third-order valence-electron chi connectivity index (χ3n) is 5.20. The van der Waals surface area contributed by atoms with Gasteiger partial charge in [-0.2, -0.15) is 0 Å². The number of halogens is 1. The first-order valence-corrected chi connectivity index (χ1v) is 9.44. The largest absolute Gasteiger partial charge is 0.356 e. The molecule has 0 atom stereocenters. The molecule has 1 amide bonds. The second-order valence-electron chi connectivity index (χ2n) is 7.25. The lowest BCUT2D eigenvalue weighted by molar-refractivity contribution is -0.121. The molecule has 3 N–H and O–H groups in total. The van der Waals surface area contributed by atoms with E-state index in [1.54, 1.807) is 7.05 Å². The maximum Gasteiger partial charge on any atom is 0.221 e. The molecule has 0 aromatic carbocycles. The first-order chi connectivity index (χ1) is 11.2. The highest BCUT2D eigenvalue weighted by molar-refractivity contribution is 14.0. The summed E-state index contributed by atoms with van der Waals surface area (Å²) in [4.78, 5) is 16.3. The van der Waals surface area contributed by atoms with Crippen molar-refractivity contribution in [2.24, 2.45) is 10.9 Å². The van der Waals surface area contributed by atoms with Gasteiger partial charge in [-0.25, -0.2) is 0 Å². The average molecular weight is 450 g/mol. The van der Waals surface area contributed by atoms with E-state index in [2.05, 4.69) is 27.9 Å². The monoisotopic (exact) mass is 450 g/mol. The SMILES string of the molecule is CN=C(NCCC(=O)NC1CCCCC1)NC1CCC(C)CC1.I. The van der Waals surface area contributed by atoms with Crippen LogP contribution < -0.4 is 16.0 Å². The summed E-state index contributed by atoms with van der Waals surface area (Å²) in [7, 11) is 1.79. The molecule has 0 aromatic heterocycles. The molecule has 2 fully saturated rings. The van der Waals surface area contributed by atoms with Crippen LogP contribution in [0.5, 0.6) is 0 Å². The summed E-state index contributed by atoms with van der Waals surface area (Å²) in [5.74, 6) is 1.84. The van der Waals surface area contributed by atoms with Gasteiger partial charge in [0.15, 0.2) is 5.96 Å². The molecular formula is C18H35IN4O. The Kier molecular flexibility index (Phi) is 10.7. The van der Waals surface area contributed by atoms with Crippen LogP contribution in [-0.2, 0) is 4.79 Å². The van der Waals surface area contributed by atoms with Gasteiger partial charge < -0.3 is 16.0 Å². The molecule has 0 aliphatic heterocycles. The zero-order valence-corrected chi connectivity index (χ0v) is 17.6. The second-order valence-corrected chi connectivity index (χ2v) is 7.25. The second kappa shape index (κ2) is 11.9. The van der Waals surface area contributed by atoms with Crippen LogP contribution in [0, 0.1) is 5.92 Å². The Hall–Kier alpha value is -0.530. The van der Waals surface area contributed by atoms with Crippen molar-refractivity contribution in [2.45, 2.75) is 83.2 Å². The Morgan fingerprint density at radius 3 is 2.21 bits per heavy atom. The standard InChI is InChI=1S/C18H34N4O.HI/c1-14-8-10-16(11-9-14)22-18(19-2)20-13-12-17(23)21-15-6-4-3-5-7-15;/h14-16H,3-13H2,1-2H3,(H,21,23)(H2,19,20,22);1H. The van der Waals surface area contributed by atoms with E-state index in [1.807, 2.05) is 0 Å². The van der Waals surface area contributed by atoms with Gasteiger partial charge in [0.05, 0.1) is 0 Å². The molecule has 2 saturated carbocycles. The quantitative estimate of drug-likeness (QED) is 0.343. The maximum absolute atomic E-state index is 12.0. The van der Waals surface area contributed by atoms with Gasteiger partial charge in [-0.15, -0.1) is 24.0 Å². The minimum Gasteiger partial charge on any atom is -0.356 e. The van der Waals surface area contributed by atoms with Crippen molar-refractivity contribution in [1.82, 2.24) is 16.0 Å². The number of aliphatic imine (C=N–C) groups is 1. The smallest absolute Gasteiger partial charge is 0.221 e. The molecule has 0 heterocycles. The molecule has 5 nitrogen and oxygen atoms in total. The number of hydrogen-bond donors (Lipinski definition) is 3. The Balaban J connectivity index is 0.00000288. The number of carbonyl (C=O) groups excluding carboxylic acids is 1. The zero-order valence-electron chi connectivity index (χ0n) is 15.3. The van der Waals surface area contributed by atoms with Crippen molar-refractivity contribution in [2.75, 3.05) is 13.6 Å². The van der Waals surface area contributed by atoms with Gasteiger partial charge in [-0.05, 0) is 44.4 Å². The molecule has 0 radical (unpaired) electrons. The van der Waals surface area contributed by atoms with E-state index >= 15 is 0 Å². The molecular weight excluding hydrogens is 415 g/mol. The highest BCUT2D eigenvalue weighted by atomic mass is 127. The molecule has 24 heavy (non-hydrogen) atoms. The fraction of sp³-hybridized carbons (Fsp3) is 0.889. The van der Waals surface area contributed by atoms with Crippen LogP contribution in [0.15, 0.2) is 4.99 Å². The number of guanidine groups is 1. The van der Waals surface area contributed by atoms with Crippen molar-refractivity contribution in [3.8, 4) is 0 Å². The predicted molar refractivity (Wildman–Crippen MR) is 111 cm³/mol. The summed E-state index contributed by atoms with van der Waals surface area (Å²) < 4.78 is 0. The minimum absolute atomic E-state index is 0. The van der Waals surface area contributed by atoms with Crippen molar-refractivity contribution < 1.29 is 4.79 Å². The first kappa shape index (κ1) is 21.5. The van der Waals surface area contributed by atoms with E-state index in [0.717, 1.165) is 24.7 Å². The van der Waals surface area contributed by atoms with Crippen LogP contribution in [0.25, 0.3) is 0 Å². The number of amides is 1. The molecule has 0 spiro atoms. The lowest BCUT2D eigenvalue weighted by atomic mass is 9.87. The molecule has 6 heteroatoms. The Labute approximate surface area is 164 Å². The molecule has 140 valence electrons. The Morgan fingerprint density at radius 2 is 1.58 bits per heavy atom. The van der Waals surface area contributed by atoms with E-state index in [1.165, 1.54) is 44.9 Å². The fourth-order valence-electron chi connectivity index (χ4n) is 3.63. The lowest BCUT2D eigenvalue weighted by Gasteiger charge is -2.28. The van der Waals surface area contributed by atoms with Gasteiger partial charge >= 0.3 is 0 Å². The number of carbonyl (C=O) groups is 1. The van der Waals surface area contributed by atoms with Crippen LogP contribution in [0.3, 0.4) is 0 Å². The molecule has 0 unspecified atom stereocenters. The average Bonchev–Trinajstić information content (AvgIpc) is 2.56. The van der Waals surface area contributed by atoms with E-state index in [9.17, 15) is 4.79 Å². The topological polar surface area (TPSA) is 65.5 Å². The maximum atomic E-state index is 12.0.